The average Bonchev–Trinajstić information content (AvgIpc) is 3.08. The Bertz CT molecular complexity index is 906. The van der Waals surface area contributed by atoms with Crippen LogP contribution in [0.4, 0.5) is 5.95 Å². The first-order chi connectivity index (χ1) is 12.2. The van der Waals surface area contributed by atoms with Crippen molar-refractivity contribution in [2.75, 3.05) is 12.3 Å². The van der Waals surface area contributed by atoms with E-state index in [0.29, 0.717) is 17.6 Å². The van der Waals surface area contributed by atoms with Crippen LogP contribution in [0.3, 0.4) is 0 Å². The Balaban J connectivity index is 0.000000352. The highest BCUT2D eigenvalue weighted by atomic mass is 16.4. The topological polar surface area (TPSA) is 205 Å². The maximum Gasteiger partial charge on any atom is 0.414 e. The van der Waals surface area contributed by atoms with Crippen LogP contribution in [0.5, 0.6) is 0 Å². The first-order valence-electron chi connectivity index (χ1n) is 7.33. The van der Waals surface area contributed by atoms with Crippen molar-refractivity contribution in [1.82, 2.24) is 19.5 Å². The standard InChI is InChI=1S/C12H15N5O3.C2H2O4/c1-5-6(3-18)8(19)2-7(5)17-4-14-9-10(17)15-12(13)16-11(9)20;3-1(4)2(5)6/h4,6-8,18-19H,1-3H2,(H3,13,15,16,20);(H,3,4)(H,5,6)/t6-,7-,8-;/m0./s1. The summed E-state index contributed by atoms with van der Waals surface area (Å²) in [6.45, 7) is 3.76. The van der Waals surface area contributed by atoms with E-state index >= 15 is 0 Å². The molecule has 2 aromatic rings. The molecular formula is C14H17N5O7. The lowest BCUT2D eigenvalue weighted by Crippen LogP contribution is -2.17. The molecule has 2 aromatic heterocycles. The molecule has 0 spiro atoms. The first-order valence-corrected chi connectivity index (χ1v) is 7.33. The molecule has 26 heavy (non-hydrogen) atoms. The number of hydrogen-bond acceptors (Lipinski definition) is 8. The molecule has 0 unspecified atom stereocenters. The monoisotopic (exact) mass is 367 g/mol. The van der Waals surface area contributed by atoms with Gasteiger partial charge in [0.05, 0.1) is 25.1 Å². The van der Waals surface area contributed by atoms with Crippen LogP contribution in [0.25, 0.3) is 11.2 Å². The number of aliphatic hydroxyl groups is 2. The number of aromatic nitrogens is 4. The second-order valence-electron chi connectivity index (χ2n) is 5.57. The highest BCUT2D eigenvalue weighted by Crippen LogP contribution is 2.39. The van der Waals surface area contributed by atoms with Crippen molar-refractivity contribution in [1.29, 1.82) is 0 Å². The van der Waals surface area contributed by atoms with Crippen LogP contribution in [-0.4, -0.2) is 64.6 Å². The molecule has 3 rings (SSSR count). The van der Waals surface area contributed by atoms with Crippen molar-refractivity contribution in [2.24, 2.45) is 5.92 Å². The molecule has 0 aromatic carbocycles. The van der Waals surface area contributed by atoms with Crippen molar-refractivity contribution in [3.05, 3.63) is 28.8 Å². The Morgan fingerprint density at radius 2 is 2.00 bits per heavy atom. The zero-order chi connectivity index (χ0) is 19.6. The summed E-state index contributed by atoms with van der Waals surface area (Å²) in [6.07, 6.45) is 1.20. The lowest BCUT2D eigenvalue weighted by molar-refractivity contribution is -0.159. The maximum atomic E-state index is 11.7. The molecule has 3 atom stereocenters. The third-order valence-electron chi connectivity index (χ3n) is 4.00. The number of nitrogens with one attached hydrogen (secondary N) is 1. The number of aliphatic carboxylic acids is 2. The molecule has 1 aliphatic carbocycles. The second kappa shape index (κ2) is 7.33. The number of H-pyrrole nitrogens is 1. The van der Waals surface area contributed by atoms with Gasteiger partial charge in [0.15, 0.2) is 11.2 Å². The number of anilines is 1. The average molecular weight is 367 g/mol. The summed E-state index contributed by atoms with van der Waals surface area (Å²) in [7, 11) is 0. The quantitative estimate of drug-likeness (QED) is 0.263. The van der Waals surface area contributed by atoms with Gasteiger partial charge in [0, 0.05) is 5.92 Å². The first kappa shape index (κ1) is 19.1. The Morgan fingerprint density at radius 3 is 2.50 bits per heavy atom. The third kappa shape index (κ3) is 3.55. The third-order valence-corrected chi connectivity index (χ3v) is 4.00. The van der Waals surface area contributed by atoms with Gasteiger partial charge in [0.2, 0.25) is 5.95 Å². The zero-order valence-corrected chi connectivity index (χ0v) is 13.4. The Kier molecular flexibility index (Phi) is 5.38. The summed E-state index contributed by atoms with van der Waals surface area (Å²) in [5.74, 6) is -4.02. The molecule has 140 valence electrons. The fraction of sp³-hybridized carbons (Fsp3) is 0.357. The van der Waals surface area contributed by atoms with Crippen LogP contribution in [-0.2, 0) is 9.59 Å². The van der Waals surface area contributed by atoms with E-state index in [2.05, 4.69) is 21.5 Å². The molecule has 1 fully saturated rings. The van der Waals surface area contributed by atoms with Crippen LogP contribution in [0.1, 0.15) is 12.5 Å². The van der Waals surface area contributed by atoms with Gasteiger partial charge in [-0.1, -0.05) is 6.58 Å². The summed E-state index contributed by atoms with van der Waals surface area (Å²) in [4.78, 5) is 40.4. The zero-order valence-electron chi connectivity index (χ0n) is 13.4. The second-order valence-corrected chi connectivity index (χ2v) is 5.57. The van der Waals surface area contributed by atoms with E-state index < -0.39 is 23.6 Å². The summed E-state index contributed by atoms with van der Waals surface area (Å²) < 4.78 is 1.67. The molecule has 2 heterocycles. The summed E-state index contributed by atoms with van der Waals surface area (Å²) in [5.41, 5.74) is 6.37. The van der Waals surface area contributed by atoms with E-state index in [9.17, 15) is 15.0 Å². The number of aliphatic hydroxyl groups excluding tert-OH is 2. The minimum absolute atomic E-state index is 0.00659. The minimum Gasteiger partial charge on any atom is -0.473 e. The summed E-state index contributed by atoms with van der Waals surface area (Å²) in [6, 6.07) is -0.263. The number of carbonyl (C=O) groups is 2. The molecule has 0 saturated heterocycles. The van der Waals surface area contributed by atoms with Gasteiger partial charge in [-0.15, -0.1) is 0 Å². The molecule has 1 saturated carbocycles. The van der Waals surface area contributed by atoms with Gasteiger partial charge in [-0.25, -0.2) is 14.6 Å². The summed E-state index contributed by atoms with van der Waals surface area (Å²) >= 11 is 0. The highest BCUT2D eigenvalue weighted by molar-refractivity contribution is 6.27. The lowest BCUT2D eigenvalue weighted by atomic mass is 10.0. The lowest BCUT2D eigenvalue weighted by Gasteiger charge is -2.15. The fourth-order valence-corrected chi connectivity index (χ4v) is 2.74. The highest BCUT2D eigenvalue weighted by Gasteiger charge is 2.37. The van der Waals surface area contributed by atoms with Crippen LogP contribution in [0.2, 0.25) is 0 Å². The van der Waals surface area contributed by atoms with E-state index in [-0.39, 0.29) is 30.0 Å². The van der Waals surface area contributed by atoms with E-state index in [0.717, 1.165) is 0 Å². The van der Waals surface area contributed by atoms with Crippen LogP contribution in [0.15, 0.2) is 23.3 Å². The van der Waals surface area contributed by atoms with Crippen LogP contribution in [0, 0.1) is 5.92 Å². The number of hydrogen-bond donors (Lipinski definition) is 6. The predicted octanol–water partition coefficient (Wildman–Crippen LogP) is -1.67. The number of nitrogens with zero attached hydrogens (tertiary/aromatic N) is 3. The van der Waals surface area contributed by atoms with Gasteiger partial charge < -0.3 is 30.7 Å². The van der Waals surface area contributed by atoms with Crippen LogP contribution >= 0.6 is 0 Å². The number of aromatic amines is 1. The number of carboxylic acid groups (broad SMARTS) is 2. The van der Waals surface area contributed by atoms with Gasteiger partial charge in [-0.3, -0.25) is 9.78 Å². The van der Waals surface area contributed by atoms with Crippen LogP contribution < -0.4 is 11.3 Å². The number of nitrogen functional groups attached to an aromatic ring is 1. The molecule has 0 amide bonds. The smallest absolute Gasteiger partial charge is 0.414 e. The van der Waals surface area contributed by atoms with E-state index in [1.807, 2.05) is 0 Å². The molecule has 0 aliphatic heterocycles. The molecule has 0 radical (unpaired) electrons. The number of fused-ring (bicyclic) bond motifs is 1. The Hall–Kier alpha value is -3.25. The van der Waals surface area contributed by atoms with Crippen molar-refractivity contribution >= 4 is 29.1 Å². The maximum absolute atomic E-state index is 11.7. The van der Waals surface area contributed by atoms with Gasteiger partial charge in [0.25, 0.3) is 5.56 Å². The van der Waals surface area contributed by atoms with E-state index in [4.69, 9.17) is 25.5 Å². The largest absolute Gasteiger partial charge is 0.473 e. The van der Waals surface area contributed by atoms with E-state index in [1.54, 1.807) is 4.57 Å². The van der Waals surface area contributed by atoms with Gasteiger partial charge >= 0.3 is 11.9 Å². The normalized spacial score (nSPS) is 22.1. The minimum atomic E-state index is -1.82. The predicted molar refractivity (Wildman–Crippen MR) is 87.2 cm³/mol. The number of carboxylic acids is 2. The Labute approximate surface area is 145 Å². The molecule has 1 aliphatic rings. The SMILES string of the molecule is C=C1[C@H](CO)[C@@H](O)C[C@@H]1n1cnc2c(=O)[nH]c(N)nc21.O=C(O)C(=O)O. The molecule has 7 N–H and O–H groups in total. The molecule has 12 heteroatoms. The van der Waals surface area contributed by atoms with Crippen molar-refractivity contribution in [3.63, 3.8) is 0 Å². The number of rotatable bonds is 2. The fourth-order valence-electron chi connectivity index (χ4n) is 2.74. The molecular weight excluding hydrogens is 350 g/mol. The molecule has 12 nitrogen and oxygen atoms in total. The Morgan fingerprint density at radius 1 is 1.38 bits per heavy atom. The number of imidazole rings is 1. The number of nitrogens with two attached hydrogens (primary N) is 1. The summed E-state index contributed by atoms with van der Waals surface area (Å²) in [5, 5.41) is 34.0. The van der Waals surface area contributed by atoms with E-state index in [1.165, 1.54) is 6.33 Å². The van der Waals surface area contributed by atoms with Crippen molar-refractivity contribution in [3.8, 4) is 0 Å². The van der Waals surface area contributed by atoms with Gasteiger partial charge in [0.1, 0.15) is 0 Å². The molecule has 0 bridgehead atoms. The van der Waals surface area contributed by atoms with Gasteiger partial charge in [-0.2, -0.15) is 4.98 Å². The van der Waals surface area contributed by atoms with Crippen molar-refractivity contribution < 1.29 is 30.0 Å². The van der Waals surface area contributed by atoms with Gasteiger partial charge in [-0.05, 0) is 12.0 Å². The van der Waals surface area contributed by atoms with Crippen molar-refractivity contribution in [2.45, 2.75) is 18.6 Å².